The zero-order valence-corrected chi connectivity index (χ0v) is 12.1. The third-order valence-electron chi connectivity index (χ3n) is 1.84. The predicted octanol–water partition coefficient (Wildman–Crippen LogP) is 3.95. The van der Waals surface area contributed by atoms with Crippen molar-refractivity contribution in [1.82, 2.24) is 0 Å². The number of ketones is 1. The Morgan fingerprint density at radius 2 is 1.92 bits per heavy atom. The topological polar surface area (TPSA) is 17.1 Å². The van der Waals surface area contributed by atoms with Gasteiger partial charge in [0.15, 0.2) is 7.38 Å². The molecule has 0 saturated carbocycles. The molecule has 78 valence electrons. The maximum atomic E-state index is 11.5. The second-order valence-electron chi connectivity index (χ2n) is 4.47. The number of carbonyl (C=O) groups excluding carboxylic acids is 1. The van der Waals surface area contributed by atoms with Crippen LogP contribution in [-0.2, 0) is 4.79 Å². The number of rotatable bonds is 5. The van der Waals surface area contributed by atoms with Crippen molar-refractivity contribution >= 4 is 40.2 Å². The van der Waals surface area contributed by atoms with Crippen LogP contribution >= 0.6 is 27.0 Å². The maximum Gasteiger partial charge on any atom is 0.150 e. The van der Waals surface area contributed by atoms with Crippen LogP contribution in [0.2, 0.25) is 19.1 Å². The van der Waals surface area contributed by atoms with Gasteiger partial charge >= 0.3 is 0 Å². The predicted molar refractivity (Wildman–Crippen MR) is 65.4 cm³/mol. The minimum absolute atomic E-state index is 0.266. The first kappa shape index (κ1) is 13.7. The molecule has 0 spiro atoms. The van der Waals surface area contributed by atoms with Crippen molar-refractivity contribution in [2.75, 3.05) is 0 Å². The summed E-state index contributed by atoms with van der Waals surface area (Å²) < 4.78 is -0.370. The lowest BCUT2D eigenvalue weighted by Crippen LogP contribution is -2.24. The van der Waals surface area contributed by atoms with E-state index in [1.165, 1.54) is 0 Å². The Kier molecular flexibility index (Phi) is 5.19. The Morgan fingerprint density at radius 3 is 2.23 bits per heavy atom. The summed E-state index contributed by atoms with van der Waals surface area (Å²) in [5, 5.41) is 0. The lowest BCUT2D eigenvalue weighted by atomic mass is 10.1. The molecule has 0 fully saturated rings. The molecular weight excluding hydrogens is 268 g/mol. The molecule has 0 N–H and O–H groups in total. The van der Waals surface area contributed by atoms with Crippen LogP contribution < -0.4 is 0 Å². The first-order valence-corrected chi connectivity index (χ1v) is 9.55. The van der Waals surface area contributed by atoms with Crippen LogP contribution in [0.25, 0.3) is 0 Å². The molecule has 0 aromatic heterocycles. The summed E-state index contributed by atoms with van der Waals surface area (Å²) in [6, 6.07) is 1.02. The Hall–Kier alpha value is 0.657. The van der Waals surface area contributed by atoms with E-state index in [1.807, 2.05) is 13.8 Å². The first-order chi connectivity index (χ1) is 5.63. The molecule has 1 nitrogen and oxygen atoms in total. The average Bonchev–Trinajstić information content (AvgIpc) is 1.82. The van der Waals surface area contributed by atoms with E-state index >= 15 is 0 Å². The van der Waals surface area contributed by atoms with Crippen LogP contribution in [0.4, 0.5) is 0 Å². The summed E-state index contributed by atoms with van der Waals surface area (Å²) in [5.41, 5.74) is 0. The first-order valence-electron chi connectivity index (χ1n) is 4.54. The monoisotopic (exact) mass is 284 g/mol. The van der Waals surface area contributed by atoms with E-state index in [2.05, 4.69) is 29.0 Å². The van der Waals surface area contributed by atoms with Crippen LogP contribution in [0.15, 0.2) is 0 Å². The van der Waals surface area contributed by atoms with Gasteiger partial charge in [0.05, 0.1) is 4.32 Å². The van der Waals surface area contributed by atoms with Gasteiger partial charge in [0, 0.05) is 6.42 Å². The maximum absolute atomic E-state index is 11.5. The molecule has 4 heteroatoms. The van der Waals surface area contributed by atoms with Crippen LogP contribution in [0.1, 0.15) is 26.7 Å². The zero-order valence-electron chi connectivity index (χ0n) is 8.79. The number of halogens is 2. The van der Waals surface area contributed by atoms with Gasteiger partial charge in [-0.05, 0) is 26.3 Å². The molecule has 0 aromatic carbocycles. The smallest absolute Gasteiger partial charge is 0.150 e. The minimum atomic E-state index is -1.48. The highest BCUT2D eigenvalue weighted by Gasteiger charge is 2.24. The van der Waals surface area contributed by atoms with E-state index in [1.54, 1.807) is 0 Å². The molecule has 0 aliphatic rings. The molecule has 0 amide bonds. The fourth-order valence-electron chi connectivity index (χ4n) is 0.967. The van der Waals surface area contributed by atoms with E-state index in [0.717, 1.165) is 12.5 Å². The van der Waals surface area contributed by atoms with Crippen LogP contribution in [-0.4, -0.2) is 17.5 Å². The summed E-state index contributed by atoms with van der Waals surface area (Å²) in [7, 11) is -1.48. The van der Waals surface area contributed by atoms with Crippen LogP contribution in [0.3, 0.4) is 0 Å². The number of alkyl halides is 1. The molecule has 13 heavy (non-hydrogen) atoms. The molecular formula is C9H18BrClOSi. The van der Waals surface area contributed by atoms with Gasteiger partial charge in [-0.25, -0.2) is 0 Å². The summed E-state index contributed by atoms with van der Waals surface area (Å²) in [5.74, 6) is 0.266. The minimum Gasteiger partial charge on any atom is -0.298 e. The van der Waals surface area contributed by atoms with Gasteiger partial charge in [0.2, 0.25) is 0 Å². The number of carbonyl (C=O) groups is 1. The fraction of sp³-hybridized carbons (Fsp3) is 0.889. The van der Waals surface area contributed by atoms with Crippen molar-refractivity contribution in [3.63, 3.8) is 0 Å². The van der Waals surface area contributed by atoms with E-state index < -0.39 is 7.38 Å². The van der Waals surface area contributed by atoms with Gasteiger partial charge < -0.3 is 0 Å². The van der Waals surface area contributed by atoms with Crippen molar-refractivity contribution in [3.05, 3.63) is 0 Å². The standard InChI is InChI=1S/C9H18BrClOSi/c1-9(2,10)8(12)6-5-7-13(3,4)11/h5-7H2,1-4H3. The lowest BCUT2D eigenvalue weighted by Gasteiger charge is -2.16. The van der Waals surface area contributed by atoms with Crippen molar-refractivity contribution < 1.29 is 4.79 Å². The SMILES string of the molecule is CC(C)(Br)C(=O)CCC[Si](C)(C)Cl. The van der Waals surface area contributed by atoms with Gasteiger partial charge in [-0.2, -0.15) is 11.1 Å². The highest BCUT2D eigenvalue weighted by molar-refractivity contribution is 9.10. The molecule has 0 saturated heterocycles. The molecule has 0 unspecified atom stereocenters. The Morgan fingerprint density at radius 1 is 1.46 bits per heavy atom. The average molecular weight is 286 g/mol. The van der Waals surface area contributed by atoms with E-state index in [0.29, 0.717) is 6.42 Å². The molecule has 0 radical (unpaired) electrons. The number of Topliss-reactive ketones (excluding diaryl/α,β-unsaturated/α-hetero) is 1. The van der Waals surface area contributed by atoms with E-state index in [-0.39, 0.29) is 10.1 Å². The van der Waals surface area contributed by atoms with Crippen LogP contribution in [0, 0.1) is 0 Å². The van der Waals surface area contributed by atoms with Crippen molar-refractivity contribution in [2.24, 2.45) is 0 Å². The number of hydrogen-bond acceptors (Lipinski definition) is 1. The summed E-state index contributed by atoms with van der Waals surface area (Å²) in [6.07, 6.45) is 1.57. The summed E-state index contributed by atoms with van der Waals surface area (Å²) >= 11 is 9.50. The van der Waals surface area contributed by atoms with Gasteiger partial charge in [-0.3, -0.25) is 4.79 Å². The molecule has 0 aromatic rings. The molecule has 0 rings (SSSR count). The molecule has 0 aliphatic heterocycles. The van der Waals surface area contributed by atoms with Gasteiger partial charge in [0.1, 0.15) is 5.78 Å². The third kappa shape index (κ3) is 7.71. The highest BCUT2D eigenvalue weighted by atomic mass is 79.9. The Labute approximate surface area is 95.1 Å². The Bertz CT molecular complexity index is 181. The van der Waals surface area contributed by atoms with Gasteiger partial charge in [-0.1, -0.05) is 29.0 Å². The van der Waals surface area contributed by atoms with Gasteiger partial charge in [-0.15, -0.1) is 0 Å². The molecule has 0 bridgehead atoms. The summed E-state index contributed by atoms with van der Waals surface area (Å²) in [4.78, 5) is 11.5. The fourth-order valence-corrected chi connectivity index (χ4v) is 2.58. The normalized spacial score (nSPS) is 13.1. The second-order valence-corrected chi connectivity index (χ2v) is 13.5. The quantitative estimate of drug-likeness (QED) is 0.425. The third-order valence-corrected chi connectivity index (χ3v) is 4.39. The summed E-state index contributed by atoms with van der Waals surface area (Å²) in [6.45, 7) is 7.99. The molecule has 0 aliphatic carbocycles. The van der Waals surface area contributed by atoms with E-state index in [4.69, 9.17) is 11.1 Å². The molecule has 0 atom stereocenters. The van der Waals surface area contributed by atoms with Crippen molar-refractivity contribution in [2.45, 2.75) is 50.2 Å². The lowest BCUT2D eigenvalue weighted by molar-refractivity contribution is -0.120. The van der Waals surface area contributed by atoms with E-state index in [9.17, 15) is 4.79 Å². The number of hydrogen-bond donors (Lipinski definition) is 0. The van der Waals surface area contributed by atoms with Gasteiger partial charge in [0.25, 0.3) is 0 Å². The zero-order chi connectivity index (χ0) is 10.7. The second kappa shape index (κ2) is 4.94. The molecule has 0 heterocycles. The van der Waals surface area contributed by atoms with Crippen LogP contribution in [0.5, 0.6) is 0 Å². The van der Waals surface area contributed by atoms with Crippen molar-refractivity contribution in [3.8, 4) is 0 Å². The highest BCUT2D eigenvalue weighted by Crippen LogP contribution is 2.23. The van der Waals surface area contributed by atoms with Crippen molar-refractivity contribution in [1.29, 1.82) is 0 Å². The Balaban J connectivity index is 3.74. The largest absolute Gasteiger partial charge is 0.298 e.